The Labute approximate surface area is 313 Å². The Hall–Kier alpha value is -2.78. The Balaban J connectivity index is 1.53. The Morgan fingerprint density at radius 3 is 1.78 bits per heavy atom. The van der Waals surface area contributed by atoms with Crippen molar-refractivity contribution in [2.75, 3.05) is 6.61 Å². The van der Waals surface area contributed by atoms with Crippen LogP contribution in [0.25, 0.3) is 0 Å². The fourth-order valence-electron chi connectivity index (χ4n) is 8.72. The van der Waals surface area contributed by atoms with Crippen molar-refractivity contribution in [3.05, 3.63) is 95.6 Å². The van der Waals surface area contributed by atoms with Crippen molar-refractivity contribution in [2.45, 2.75) is 158 Å². The van der Waals surface area contributed by atoms with E-state index in [-0.39, 0.29) is 33.4 Å². The molecule has 3 aromatic carbocycles. The zero-order valence-electron chi connectivity index (χ0n) is 34.3. The molecule has 1 aliphatic carbocycles. The van der Waals surface area contributed by atoms with Crippen LogP contribution in [-0.2, 0) is 11.2 Å². The molecular formula is C48H72O3. The van der Waals surface area contributed by atoms with E-state index in [1.807, 2.05) is 12.1 Å². The zero-order valence-corrected chi connectivity index (χ0v) is 34.3. The number of rotatable bonds is 16. The van der Waals surface area contributed by atoms with Gasteiger partial charge in [-0.05, 0) is 126 Å². The van der Waals surface area contributed by atoms with Crippen LogP contribution in [0.3, 0.4) is 0 Å². The molecule has 0 spiro atoms. The number of hydrogen-bond donors (Lipinski definition) is 1. The molecule has 1 N–H and O–H groups in total. The molecule has 3 aromatic rings. The first kappa shape index (κ1) is 41.0. The first-order valence-corrected chi connectivity index (χ1v) is 20.0. The van der Waals surface area contributed by atoms with E-state index in [4.69, 9.17) is 9.47 Å². The number of phenols is 1. The molecule has 0 amide bonds. The maximum absolute atomic E-state index is 9.95. The summed E-state index contributed by atoms with van der Waals surface area (Å²) in [6.07, 6.45) is 11.3. The van der Waals surface area contributed by atoms with E-state index in [9.17, 15) is 5.11 Å². The molecule has 3 nitrogen and oxygen atoms in total. The van der Waals surface area contributed by atoms with Crippen LogP contribution in [0.5, 0.6) is 11.5 Å². The SMILES string of the molecule is CCOC(Oc1ccc(C(CC(C)(C)C)C(C)(C)CCC(C)(C)CC(c2ccc(O)cc2)C(C)(C)C)cc1)C1(Cc2ccccc2)CCCCC1. The van der Waals surface area contributed by atoms with Crippen molar-refractivity contribution in [1.29, 1.82) is 0 Å². The Morgan fingerprint density at radius 2 is 1.24 bits per heavy atom. The van der Waals surface area contributed by atoms with Crippen LogP contribution in [-0.4, -0.2) is 18.0 Å². The number of hydrogen-bond acceptors (Lipinski definition) is 3. The highest BCUT2D eigenvalue weighted by Gasteiger charge is 2.43. The molecule has 0 bridgehead atoms. The fourth-order valence-corrected chi connectivity index (χ4v) is 8.72. The van der Waals surface area contributed by atoms with E-state index in [0.717, 1.165) is 50.7 Å². The molecular weight excluding hydrogens is 625 g/mol. The van der Waals surface area contributed by atoms with Crippen LogP contribution in [0.1, 0.15) is 162 Å². The minimum atomic E-state index is -0.267. The van der Waals surface area contributed by atoms with E-state index >= 15 is 0 Å². The summed E-state index contributed by atoms with van der Waals surface area (Å²) in [6, 6.07) is 27.9. The van der Waals surface area contributed by atoms with Crippen LogP contribution in [0.4, 0.5) is 0 Å². The smallest absolute Gasteiger partial charge is 0.205 e. The third-order valence-corrected chi connectivity index (χ3v) is 11.9. The molecule has 0 aliphatic heterocycles. The van der Waals surface area contributed by atoms with Crippen molar-refractivity contribution < 1.29 is 14.6 Å². The highest BCUT2D eigenvalue weighted by molar-refractivity contribution is 5.32. The van der Waals surface area contributed by atoms with Gasteiger partial charge in [0.25, 0.3) is 0 Å². The van der Waals surface area contributed by atoms with Crippen LogP contribution >= 0.6 is 0 Å². The third kappa shape index (κ3) is 11.9. The van der Waals surface area contributed by atoms with Gasteiger partial charge in [0.05, 0.1) is 0 Å². The van der Waals surface area contributed by atoms with Crippen molar-refractivity contribution in [3.63, 3.8) is 0 Å². The van der Waals surface area contributed by atoms with Crippen LogP contribution in [0, 0.1) is 27.1 Å². The van der Waals surface area contributed by atoms with E-state index in [1.165, 1.54) is 36.0 Å². The second-order valence-corrected chi connectivity index (χ2v) is 19.7. The van der Waals surface area contributed by atoms with Crippen molar-refractivity contribution in [2.24, 2.45) is 27.1 Å². The van der Waals surface area contributed by atoms with E-state index < -0.39 is 0 Å². The summed E-state index contributed by atoms with van der Waals surface area (Å²) in [5.41, 5.74) is 4.68. The van der Waals surface area contributed by atoms with Crippen molar-refractivity contribution >= 4 is 0 Å². The largest absolute Gasteiger partial charge is 0.508 e. The summed E-state index contributed by atoms with van der Waals surface area (Å²) < 4.78 is 13.3. The molecule has 0 heterocycles. The number of phenolic OH excluding ortho intramolecular Hbond substituents is 1. The van der Waals surface area contributed by atoms with Crippen LogP contribution < -0.4 is 4.74 Å². The Morgan fingerprint density at radius 1 is 0.667 bits per heavy atom. The zero-order chi connectivity index (χ0) is 37.5. The lowest BCUT2D eigenvalue weighted by Gasteiger charge is -2.43. The second-order valence-electron chi connectivity index (χ2n) is 19.7. The molecule has 0 radical (unpaired) electrons. The summed E-state index contributed by atoms with van der Waals surface area (Å²) in [4.78, 5) is 0. The number of benzene rings is 3. The lowest BCUT2D eigenvalue weighted by molar-refractivity contribution is -0.166. The summed E-state index contributed by atoms with van der Waals surface area (Å²) in [5, 5.41) is 9.95. The van der Waals surface area contributed by atoms with Gasteiger partial charge >= 0.3 is 0 Å². The van der Waals surface area contributed by atoms with Gasteiger partial charge in [-0.15, -0.1) is 0 Å². The monoisotopic (exact) mass is 697 g/mol. The van der Waals surface area contributed by atoms with Gasteiger partial charge in [-0.25, -0.2) is 0 Å². The average Bonchev–Trinajstić information content (AvgIpc) is 3.06. The Kier molecular flexibility index (Phi) is 13.6. The van der Waals surface area contributed by atoms with Crippen LogP contribution in [0.2, 0.25) is 0 Å². The topological polar surface area (TPSA) is 38.7 Å². The quantitative estimate of drug-likeness (QED) is 0.152. The average molecular weight is 697 g/mol. The minimum absolute atomic E-state index is 0.0217. The predicted octanol–water partition coefficient (Wildman–Crippen LogP) is 13.9. The summed E-state index contributed by atoms with van der Waals surface area (Å²) in [6.45, 7) is 26.8. The molecule has 0 aromatic heterocycles. The molecule has 1 saturated carbocycles. The first-order valence-electron chi connectivity index (χ1n) is 20.0. The van der Waals surface area contributed by atoms with Gasteiger partial charge in [0, 0.05) is 12.0 Å². The van der Waals surface area contributed by atoms with E-state index in [2.05, 4.69) is 143 Å². The molecule has 1 fully saturated rings. The second kappa shape index (κ2) is 16.9. The maximum atomic E-state index is 9.95. The minimum Gasteiger partial charge on any atom is -0.508 e. The lowest BCUT2D eigenvalue weighted by Crippen LogP contribution is -2.44. The fraction of sp³-hybridized carbons (Fsp3) is 0.625. The van der Waals surface area contributed by atoms with E-state index in [0.29, 0.717) is 24.2 Å². The molecule has 3 unspecified atom stereocenters. The molecule has 51 heavy (non-hydrogen) atoms. The summed E-state index contributed by atoms with van der Waals surface area (Å²) in [7, 11) is 0. The molecule has 1 aliphatic rings. The first-order chi connectivity index (χ1) is 23.8. The lowest BCUT2D eigenvalue weighted by atomic mass is 9.63. The highest BCUT2D eigenvalue weighted by Crippen LogP contribution is 2.51. The molecule has 282 valence electrons. The summed E-state index contributed by atoms with van der Waals surface area (Å²) in [5.74, 6) is 2.08. The normalized spacial score (nSPS) is 17.5. The van der Waals surface area contributed by atoms with Gasteiger partial charge in [0.2, 0.25) is 6.29 Å². The van der Waals surface area contributed by atoms with Gasteiger partial charge in [-0.1, -0.05) is 143 Å². The number of aromatic hydroxyl groups is 1. The molecule has 3 atom stereocenters. The van der Waals surface area contributed by atoms with Crippen molar-refractivity contribution in [3.8, 4) is 11.5 Å². The van der Waals surface area contributed by atoms with E-state index in [1.54, 1.807) is 0 Å². The van der Waals surface area contributed by atoms with Crippen molar-refractivity contribution in [1.82, 2.24) is 0 Å². The molecule has 3 heteroatoms. The highest BCUT2D eigenvalue weighted by atomic mass is 16.7. The van der Waals surface area contributed by atoms with Gasteiger partial charge in [-0.3, -0.25) is 0 Å². The van der Waals surface area contributed by atoms with Gasteiger partial charge in [0.15, 0.2) is 0 Å². The number of ether oxygens (including phenoxy) is 2. The van der Waals surface area contributed by atoms with Gasteiger partial charge < -0.3 is 14.6 Å². The molecule has 4 rings (SSSR count). The predicted molar refractivity (Wildman–Crippen MR) is 217 cm³/mol. The third-order valence-electron chi connectivity index (χ3n) is 11.9. The standard InChI is InChI=1S/C48H72O3/c1-12-50-43(48(29-17-14-18-30-48)33-36-19-15-13-16-20-36)51-40-27-23-38(24-28-40)42(34-44(2,3)4)47(10,11)32-31-46(8,9)35-41(45(5,6)7)37-21-25-39(49)26-22-37/h13,15-16,19-28,41-43,49H,12,14,17-18,29-35H2,1-11H3. The van der Waals surface area contributed by atoms with Gasteiger partial charge in [-0.2, -0.15) is 0 Å². The van der Waals surface area contributed by atoms with Gasteiger partial charge in [0.1, 0.15) is 11.5 Å². The van der Waals surface area contributed by atoms with Crippen LogP contribution in [0.15, 0.2) is 78.9 Å². The Bertz CT molecular complexity index is 1450. The maximum Gasteiger partial charge on any atom is 0.205 e. The molecule has 0 saturated heterocycles. The summed E-state index contributed by atoms with van der Waals surface area (Å²) >= 11 is 0.